The zero-order valence-electron chi connectivity index (χ0n) is 17.8. The highest BCUT2D eigenvalue weighted by Gasteiger charge is 2.21. The number of hydrogen-bond donors (Lipinski definition) is 2. The van der Waals surface area contributed by atoms with Crippen LogP contribution in [0.15, 0.2) is 60.8 Å². The number of amides is 2. The number of anilines is 1. The number of pyridine rings is 1. The Bertz CT molecular complexity index is 1060. The minimum absolute atomic E-state index is 0.163. The maximum Gasteiger partial charge on any atom is 0.408 e. The molecule has 162 valence electrons. The molecule has 31 heavy (non-hydrogen) atoms. The molecule has 0 spiro atoms. The fraction of sp³-hybridized carbons (Fsp3) is 0.292. The van der Waals surface area contributed by atoms with Crippen LogP contribution in [0.4, 0.5) is 14.9 Å². The van der Waals surface area contributed by atoms with Crippen molar-refractivity contribution in [2.45, 2.75) is 45.3 Å². The van der Waals surface area contributed by atoms with Crippen molar-refractivity contribution >= 4 is 28.6 Å². The predicted octanol–water partition coefficient (Wildman–Crippen LogP) is 5.36. The van der Waals surface area contributed by atoms with Crippen LogP contribution in [0.5, 0.6) is 0 Å². The SMILES string of the molecule is CC(C)(C)OC(=O)NC(CCC(=O)Nc1cnc2c(F)cccc2c1)c1ccccc1. The molecule has 3 aromatic rings. The van der Waals surface area contributed by atoms with Gasteiger partial charge in [-0.05, 0) is 44.9 Å². The standard InChI is InChI=1S/C24H26FN3O3/c1-24(2,3)31-23(30)28-20(16-8-5-4-6-9-16)12-13-21(29)27-18-14-17-10-7-11-19(25)22(17)26-15-18/h4-11,14-15,20H,12-13H2,1-3H3,(H,27,29)(H,28,30). The predicted molar refractivity (Wildman–Crippen MR) is 118 cm³/mol. The van der Waals surface area contributed by atoms with Crippen LogP contribution in [0.1, 0.15) is 45.2 Å². The van der Waals surface area contributed by atoms with Crippen LogP contribution in [-0.4, -0.2) is 22.6 Å². The number of alkyl carbamates (subject to hydrolysis) is 1. The number of ether oxygens (including phenoxy) is 1. The number of benzene rings is 2. The summed E-state index contributed by atoms with van der Waals surface area (Å²) in [6.45, 7) is 5.38. The summed E-state index contributed by atoms with van der Waals surface area (Å²) < 4.78 is 19.1. The third-order valence-electron chi connectivity index (χ3n) is 4.50. The van der Waals surface area contributed by atoms with Gasteiger partial charge >= 0.3 is 6.09 Å². The van der Waals surface area contributed by atoms with Crippen molar-refractivity contribution in [3.63, 3.8) is 0 Å². The first-order valence-corrected chi connectivity index (χ1v) is 10.1. The second-order valence-corrected chi connectivity index (χ2v) is 8.23. The van der Waals surface area contributed by atoms with Gasteiger partial charge in [0.25, 0.3) is 0 Å². The normalized spacial score (nSPS) is 12.3. The third kappa shape index (κ3) is 6.50. The zero-order chi connectivity index (χ0) is 22.4. The Hall–Kier alpha value is -3.48. The van der Waals surface area contributed by atoms with Gasteiger partial charge in [-0.2, -0.15) is 0 Å². The van der Waals surface area contributed by atoms with Gasteiger partial charge in [0, 0.05) is 11.8 Å². The van der Waals surface area contributed by atoms with Crippen molar-refractivity contribution in [1.82, 2.24) is 10.3 Å². The Morgan fingerprint density at radius 2 is 1.84 bits per heavy atom. The molecule has 0 radical (unpaired) electrons. The Balaban J connectivity index is 1.65. The fourth-order valence-corrected chi connectivity index (χ4v) is 3.15. The minimum Gasteiger partial charge on any atom is -0.444 e. The maximum atomic E-state index is 13.8. The second-order valence-electron chi connectivity index (χ2n) is 8.23. The van der Waals surface area contributed by atoms with Crippen LogP contribution in [0.3, 0.4) is 0 Å². The van der Waals surface area contributed by atoms with E-state index in [9.17, 15) is 14.0 Å². The molecule has 0 saturated carbocycles. The smallest absolute Gasteiger partial charge is 0.408 e. The van der Waals surface area contributed by atoms with E-state index >= 15 is 0 Å². The highest BCUT2D eigenvalue weighted by atomic mass is 19.1. The van der Waals surface area contributed by atoms with Crippen molar-refractivity contribution < 1.29 is 18.7 Å². The topological polar surface area (TPSA) is 80.3 Å². The molecule has 0 aliphatic carbocycles. The van der Waals surface area contributed by atoms with E-state index in [-0.39, 0.29) is 23.9 Å². The lowest BCUT2D eigenvalue weighted by Crippen LogP contribution is -2.35. The highest BCUT2D eigenvalue weighted by molar-refractivity contribution is 5.93. The molecule has 1 unspecified atom stereocenters. The molecule has 2 aromatic carbocycles. The third-order valence-corrected chi connectivity index (χ3v) is 4.50. The summed E-state index contributed by atoms with van der Waals surface area (Å²) >= 11 is 0. The van der Waals surface area contributed by atoms with Gasteiger partial charge in [-0.1, -0.05) is 42.5 Å². The molecule has 6 nitrogen and oxygen atoms in total. The Morgan fingerprint density at radius 3 is 2.55 bits per heavy atom. The Kier molecular flexibility index (Phi) is 6.84. The van der Waals surface area contributed by atoms with Crippen LogP contribution < -0.4 is 10.6 Å². The summed E-state index contributed by atoms with van der Waals surface area (Å²) in [6.07, 6.45) is 1.43. The first-order chi connectivity index (χ1) is 14.7. The molecule has 0 bridgehead atoms. The number of nitrogens with zero attached hydrogens (tertiary/aromatic N) is 1. The van der Waals surface area contributed by atoms with E-state index in [4.69, 9.17) is 4.74 Å². The van der Waals surface area contributed by atoms with Crippen LogP contribution >= 0.6 is 0 Å². The quantitative estimate of drug-likeness (QED) is 0.559. The maximum absolute atomic E-state index is 13.8. The van der Waals surface area contributed by atoms with Gasteiger partial charge in [0.2, 0.25) is 5.91 Å². The van der Waals surface area contributed by atoms with E-state index in [2.05, 4.69) is 15.6 Å². The first-order valence-electron chi connectivity index (χ1n) is 10.1. The van der Waals surface area contributed by atoms with E-state index in [1.807, 2.05) is 30.3 Å². The van der Waals surface area contributed by atoms with Crippen LogP contribution in [0, 0.1) is 5.82 Å². The molecule has 1 atom stereocenters. The summed E-state index contributed by atoms with van der Waals surface area (Å²) in [4.78, 5) is 28.9. The Morgan fingerprint density at radius 1 is 1.10 bits per heavy atom. The van der Waals surface area contributed by atoms with Crippen molar-refractivity contribution in [2.75, 3.05) is 5.32 Å². The number of hydrogen-bond acceptors (Lipinski definition) is 4. The van der Waals surface area contributed by atoms with Crippen LogP contribution in [-0.2, 0) is 9.53 Å². The van der Waals surface area contributed by atoms with Gasteiger partial charge in [-0.25, -0.2) is 9.18 Å². The molecule has 1 heterocycles. The minimum atomic E-state index is -0.620. The molecule has 7 heteroatoms. The number of rotatable bonds is 6. The van der Waals surface area contributed by atoms with Crippen molar-refractivity contribution in [1.29, 1.82) is 0 Å². The number of nitrogens with one attached hydrogen (secondary N) is 2. The monoisotopic (exact) mass is 423 g/mol. The van der Waals surface area contributed by atoms with Crippen molar-refractivity contribution in [3.05, 3.63) is 72.2 Å². The van der Waals surface area contributed by atoms with E-state index in [0.717, 1.165) is 5.56 Å². The highest BCUT2D eigenvalue weighted by Crippen LogP contribution is 2.22. The first kappa shape index (κ1) is 22.2. The molecule has 0 aliphatic rings. The van der Waals surface area contributed by atoms with Gasteiger partial charge < -0.3 is 15.4 Å². The molecule has 2 amide bonds. The molecule has 3 rings (SSSR count). The van der Waals surface area contributed by atoms with E-state index in [1.165, 1.54) is 12.3 Å². The number of para-hydroxylation sites is 1. The summed E-state index contributed by atoms with van der Waals surface area (Å²) in [7, 11) is 0. The lowest BCUT2D eigenvalue weighted by atomic mass is 10.0. The fourth-order valence-electron chi connectivity index (χ4n) is 3.15. The number of carbonyl (C=O) groups excluding carboxylic acids is 2. The van der Waals surface area contributed by atoms with Gasteiger partial charge in [0.1, 0.15) is 16.9 Å². The molecule has 0 fully saturated rings. The molecule has 0 aliphatic heterocycles. The summed E-state index contributed by atoms with van der Waals surface area (Å²) in [5.74, 6) is -0.640. The zero-order valence-corrected chi connectivity index (χ0v) is 17.8. The lowest BCUT2D eigenvalue weighted by molar-refractivity contribution is -0.116. The van der Waals surface area contributed by atoms with Crippen molar-refractivity contribution in [3.8, 4) is 0 Å². The van der Waals surface area contributed by atoms with Gasteiger partial charge in [0.15, 0.2) is 0 Å². The lowest BCUT2D eigenvalue weighted by Gasteiger charge is -2.24. The molecule has 1 aromatic heterocycles. The van der Waals surface area contributed by atoms with Gasteiger partial charge in [0.05, 0.1) is 17.9 Å². The number of aromatic nitrogens is 1. The second kappa shape index (κ2) is 9.55. The van der Waals surface area contributed by atoms with Gasteiger partial charge in [-0.15, -0.1) is 0 Å². The van der Waals surface area contributed by atoms with Crippen LogP contribution in [0.2, 0.25) is 0 Å². The summed E-state index contributed by atoms with van der Waals surface area (Å²) in [6, 6.07) is 15.4. The number of carbonyl (C=O) groups is 2. The summed E-state index contributed by atoms with van der Waals surface area (Å²) in [5, 5.41) is 6.23. The summed E-state index contributed by atoms with van der Waals surface area (Å²) in [5.41, 5.74) is 1.00. The van der Waals surface area contributed by atoms with Gasteiger partial charge in [-0.3, -0.25) is 9.78 Å². The average Bonchev–Trinajstić information content (AvgIpc) is 2.70. The van der Waals surface area contributed by atoms with Crippen LogP contribution in [0.25, 0.3) is 10.9 Å². The molecule has 0 saturated heterocycles. The average molecular weight is 423 g/mol. The van der Waals surface area contributed by atoms with E-state index < -0.39 is 17.5 Å². The largest absolute Gasteiger partial charge is 0.444 e. The van der Waals surface area contributed by atoms with E-state index in [1.54, 1.807) is 39.0 Å². The Labute approximate surface area is 180 Å². The molecule has 2 N–H and O–H groups in total. The molecular formula is C24H26FN3O3. The van der Waals surface area contributed by atoms with E-state index in [0.29, 0.717) is 17.5 Å². The number of fused-ring (bicyclic) bond motifs is 1. The number of halogens is 1. The molecular weight excluding hydrogens is 397 g/mol. The van der Waals surface area contributed by atoms with Crippen molar-refractivity contribution in [2.24, 2.45) is 0 Å².